The summed E-state index contributed by atoms with van der Waals surface area (Å²) in [5.41, 5.74) is 9.95. The van der Waals surface area contributed by atoms with E-state index in [1.807, 2.05) is 12.4 Å². The van der Waals surface area contributed by atoms with Gasteiger partial charge in [-0.25, -0.2) is 9.97 Å². The summed E-state index contributed by atoms with van der Waals surface area (Å²) in [5, 5.41) is 2.84. The number of aromatic nitrogens is 3. The van der Waals surface area contributed by atoms with E-state index < -0.39 is 0 Å². The van der Waals surface area contributed by atoms with Gasteiger partial charge in [-0.3, -0.25) is 19.3 Å². The van der Waals surface area contributed by atoms with Crippen LogP contribution in [0.4, 0.5) is 5.82 Å². The molecule has 3 heterocycles. The largest absolute Gasteiger partial charge is 1.00 e. The first kappa shape index (κ1) is 23.6. The zero-order valence-electron chi connectivity index (χ0n) is 16.7. The number of nitrogens with zero attached hydrogens (tertiary/aromatic N) is 4. The second-order valence-corrected chi connectivity index (χ2v) is 7.64. The number of hydrogen-bond acceptors (Lipinski definition) is 7. The summed E-state index contributed by atoms with van der Waals surface area (Å²) in [7, 11) is 0. The van der Waals surface area contributed by atoms with Crippen molar-refractivity contribution in [1.82, 2.24) is 20.2 Å². The standard InChI is InChI=1S/C19H22N6O3S.BrH/c1-12-15(29-11-24(12)10-14-9-22-13(2)23-19(14)20)5-7-21-16(26)6-8-25-17(27)3-4-18(25)28;/h3-4,9,11H,5-8,10H2,1-2H3,(H2-,20,21,22,23,26);1H. The molecule has 3 rings (SSSR count). The normalized spacial score (nSPS) is 12.9. The van der Waals surface area contributed by atoms with E-state index in [-0.39, 0.29) is 47.7 Å². The van der Waals surface area contributed by atoms with Crippen LogP contribution in [-0.2, 0) is 27.3 Å². The third kappa shape index (κ3) is 5.70. The van der Waals surface area contributed by atoms with Gasteiger partial charge in [0, 0.05) is 51.2 Å². The second-order valence-electron chi connectivity index (χ2n) is 6.70. The van der Waals surface area contributed by atoms with Gasteiger partial charge in [0.2, 0.25) is 11.4 Å². The SMILES string of the molecule is Cc1ncc(C[n+]2csc(CCNC(=O)CCN3C(=O)C=CC3=O)c2C)c(N)n1.[Br-]. The van der Waals surface area contributed by atoms with Crippen LogP contribution in [0.15, 0.2) is 23.9 Å². The molecule has 9 nitrogen and oxygen atoms in total. The van der Waals surface area contributed by atoms with Gasteiger partial charge in [-0.05, 0) is 6.92 Å². The maximum atomic E-state index is 12.0. The Kier molecular flexibility index (Phi) is 8.18. The van der Waals surface area contributed by atoms with Crippen molar-refractivity contribution in [2.75, 3.05) is 18.8 Å². The monoisotopic (exact) mass is 494 g/mol. The molecule has 0 saturated carbocycles. The Morgan fingerprint density at radius 3 is 2.63 bits per heavy atom. The number of imide groups is 1. The Hall–Kier alpha value is -2.66. The van der Waals surface area contributed by atoms with Gasteiger partial charge in [0.05, 0.1) is 10.4 Å². The van der Waals surface area contributed by atoms with E-state index in [2.05, 4.69) is 19.9 Å². The lowest BCUT2D eigenvalue weighted by molar-refractivity contribution is -0.689. The predicted octanol–water partition coefficient (Wildman–Crippen LogP) is -2.95. The van der Waals surface area contributed by atoms with E-state index in [1.165, 1.54) is 12.2 Å². The summed E-state index contributed by atoms with van der Waals surface area (Å²) in [6.07, 6.45) is 4.96. The molecule has 11 heteroatoms. The van der Waals surface area contributed by atoms with Gasteiger partial charge in [0.25, 0.3) is 11.8 Å². The highest BCUT2D eigenvalue weighted by molar-refractivity contribution is 7.09. The van der Waals surface area contributed by atoms with E-state index in [0.717, 1.165) is 21.0 Å². The van der Waals surface area contributed by atoms with Gasteiger partial charge in [-0.2, -0.15) is 4.57 Å². The molecule has 1 aliphatic rings. The lowest BCUT2D eigenvalue weighted by Gasteiger charge is -2.13. The lowest BCUT2D eigenvalue weighted by atomic mass is 10.2. The summed E-state index contributed by atoms with van der Waals surface area (Å²) in [6, 6.07) is 0. The molecule has 0 spiro atoms. The maximum Gasteiger partial charge on any atom is 0.253 e. The Bertz CT molecular complexity index is 973. The fourth-order valence-corrected chi connectivity index (χ4v) is 3.93. The van der Waals surface area contributed by atoms with Gasteiger partial charge in [-0.15, -0.1) is 0 Å². The maximum absolute atomic E-state index is 12.0. The highest BCUT2D eigenvalue weighted by Gasteiger charge is 2.23. The average Bonchev–Trinajstić information content (AvgIpc) is 3.18. The summed E-state index contributed by atoms with van der Waals surface area (Å²) in [6.45, 7) is 4.99. The molecule has 0 unspecified atom stereocenters. The number of anilines is 1. The number of thiazole rings is 1. The second kappa shape index (κ2) is 10.4. The molecule has 2 aromatic rings. The van der Waals surface area contributed by atoms with Gasteiger partial charge < -0.3 is 28.0 Å². The summed E-state index contributed by atoms with van der Waals surface area (Å²) >= 11 is 1.61. The number of nitrogens with one attached hydrogen (secondary N) is 1. The molecule has 30 heavy (non-hydrogen) atoms. The van der Waals surface area contributed by atoms with Gasteiger partial charge in [-0.1, -0.05) is 11.3 Å². The number of hydrogen-bond donors (Lipinski definition) is 2. The average molecular weight is 495 g/mol. The topological polar surface area (TPSA) is 122 Å². The summed E-state index contributed by atoms with van der Waals surface area (Å²) < 4.78 is 2.09. The first-order valence-electron chi connectivity index (χ1n) is 9.19. The van der Waals surface area contributed by atoms with Crippen LogP contribution < -0.4 is 32.6 Å². The molecule has 3 N–H and O–H groups in total. The Morgan fingerprint density at radius 1 is 1.27 bits per heavy atom. The number of halogens is 1. The van der Waals surface area contributed by atoms with Crippen LogP contribution in [0.5, 0.6) is 0 Å². The Labute approximate surface area is 188 Å². The molecule has 2 aromatic heterocycles. The number of aryl methyl sites for hydroxylation is 1. The number of carbonyl (C=O) groups excluding carboxylic acids is 3. The number of carbonyl (C=O) groups is 3. The number of nitrogen functional groups attached to an aromatic ring is 1. The molecule has 0 fully saturated rings. The lowest BCUT2D eigenvalue weighted by Crippen LogP contribution is -3.00. The molecule has 0 aliphatic carbocycles. The molecular formula is C19H23BrN6O3S. The smallest absolute Gasteiger partial charge is 0.253 e. The summed E-state index contributed by atoms with van der Waals surface area (Å²) in [4.78, 5) is 45.5. The number of nitrogens with two attached hydrogens (primary N) is 1. The van der Waals surface area contributed by atoms with Crippen molar-refractivity contribution < 1.29 is 35.9 Å². The quantitative estimate of drug-likeness (QED) is 0.299. The third-order valence-electron chi connectivity index (χ3n) is 4.65. The van der Waals surface area contributed by atoms with E-state index in [9.17, 15) is 14.4 Å². The fourth-order valence-electron chi connectivity index (χ4n) is 2.93. The predicted molar refractivity (Wildman–Crippen MR) is 107 cm³/mol. The zero-order valence-corrected chi connectivity index (χ0v) is 19.1. The van der Waals surface area contributed by atoms with Gasteiger partial charge >= 0.3 is 0 Å². The Balaban J connectivity index is 0.00000320. The van der Waals surface area contributed by atoms with Crippen molar-refractivity contribution in [3.05, 3.63) is 45.8 Å². The number of amides is 3. The Morgan fingerprint density at radius 2 is 1.97 bits per heavy atom. The van der Waals surface area contributed by atoms with Crippen molar-refractivity contribution in [3.63, 3.8) is 0 Å². The number of rotatable bonds is 8. The van der Waals surface area contributed by atoms with Crippen LogP contribution in [0.25, 0.3) is 0 Å². The first-order valence-corrected chi connectivity index (χ1v) is 10.1. The van der Waals surface area contributed by atoms with Crippen LogP contribution in [0.3, 0.4) is 0 Å². The minimum absolute atomic E-state index is 0. The van der Waals surface area contributed by atoms with Crippen LogP contribution in [0.2, 0.25) is 0 Å². The molecular weight excluding hydrogens is 472 g/mol. The van der Waals surface area contributed by atoms with Crippen LogP contribution >= 0.6 is 11.3 Å². The van der Waals surface area contributed by atoms with Crippen LogP contribution in [-0.4, -0.2) is 45.7 Å². The van der Waals surface area contributed by atoms with E-state index in [0.29, 0.717) is 31.2 Å². The van der Waals surface area contributed by atoms with Crippen molar-refractivity contribution in [3.8, 4) is 0 Å². The minimum atomic E-state index is -0.374. The highest BCUT2D eigenvalue weighted by Crippen LogP contribution is 2.14. The fraction of sp³-hybridized carbons (Fsp3) is 0.368. The van der Waals surface area contributed by atoms with E-state index in [4.69, 9.17) is 5.73 Å². The molecule has 1 aliphatic heterocycles. The highest BCUT2D eigenvalue weighted by atomic mass is 79.9. The van der Waals surface area contributed by atoms with E-state index in [1.54, 1.807) is 24.5 Å². The van der Waals surface area contributed by atoms with Crippen molar-refractivity contribution in [1.29, 1.82) is 0 Å². The van der Waals surface area contributed by atoms with Crippen molar-refractivity contribution in [2.24, 2.45) is 0 Å². The molecule has 0 bridgehead atoms. The molecule has 0 saturated heterocycles. The summed E-state index contributed by atoms with van der Waals surface area (Å²) in [5.74, 6) is 0.186. The van der Waals surface area contributed by atoms with Crippen LogP contribution in [0, 0.1) is 13.8 Å². The molecule has 160 valence electrons. The third-order valence-corrected chi connectivity index (χ3v) is 5.80. The zero-order chi connectivity index (χ0) is 21.0. The molecule has 0 radical (unpaired) electrons. The van der Waals surface area contributed by atoms with E-state index >= 15 is 0 Å². The van der Waals surface area contributed by atoms with Crippen LogP contribution in [0.1, 0.15) is 28.4 Å². The van der Waals surface area contributed by atoms with Gasteiger partial charge in [0.1, 0.15) is 11.6 Å². The van der Waals surface area contributed by atoms with Crippen molar-refractivity contribution >= 4 is 34.9 Å². The minimum Gasteiger partial charge on any atom is -1.00 e. The van der Waals surface area contributed by atoms with Crippen molar-refractivity contribution in [2.45, 2.75) is 33.2 Å². The molecule has 3 amide bonds. The first-order chi connectivity index (χ1) is 13.8. The molecule has 0 atom stereocenters. The van der Waals surface area contributed by atoms with Gasteiger partial charge in [0.15, 0.2) is 12.2 Å². The molecule has 0 aromatic carbocycles.